The van der Waals surface area contributed by atoms with E-state index >= 15 is 0 Å². The summed E-state index contributed by atoms with van der Waals surface area (Å²) in [5.41, 5.74) is 2.38. The molecule has 1 heterocycles. The Hall–Kier alpha value is -1.55. The van der Waals surface area contributed by atoms with Crippen LogP contribution >= 0.6 is 35.6 Å². The molecule has 0 unspecified atom stereocenters. The molecule has 1 saturated heterocycles. The number of aliphatic imine (C=N–C) groups is 1. The van der Waals surface area contributed by atoms with E-state index in [1.54, 1.807) is 7.05 Å². The maximum atomic E-state index is 6.04. The van der Waals surface area contributed by atoms with Gasteiger partial charge in [0.15, 0.2) is 5.96 Å². The van der Waals surface area contributed by atoms with Crippen molar-refractivity contribution >= 4 is 41.5 Å². The third-order valence-corrected chi connectivity index (χ3v) is 5.43. The summed E-state index contributed by atoms with van der Waals surface area (Å²) in [6.45, 7) is 4.19. The lowest BCUT2D eigenvalue weighted by Gasteiger charge is -2.23. The smallest absolute Gasteiger partial charge is 0.193 e. The zero-order valence-corrected chi connectivity index (χ0v) is 21.8. The molecule has 0 atom stereocenters. The van der Waals surface area contributed by atoms with Crippen LogP contribution in [0.2, 0.25) is 5.02 Å². The molecule has 0 saturated carbocycles. The molecule has 0 bridgehead atoms. The Morgan fingerprint density at radius 1 is 1.16 bits per heavy atom. The first-order valence-corrected chi connectivity index (χ1v) is 11.1. The van der Waals surface area contributed by atoms with Crippen LogP contribution in [-0.4, -0.2) is 57.4 Å². The van der Waals surface area contributed by atoms with E-state index in [0.29, 0.717) is 37.4 Å². The van der Waals surface area contributed by atoms with Gasteiger partial charge >= 0.3 is 0 Å². The Morgan fingerprint density at radius 3 is 2.59 bits per heavy atom. The fourth-order valence-electron chi connectivity index (χ4n) is 3.39. The minimum absolute atomic E-state index is 0. The highest BCUT2D eigenvalue weighted by Crippen LogP contribution is 2.16. The Bertz CT molecular complexity index is 829. The second-order valence-electron chi connectivity index (χ2n) is 7.57. The number of likely N-dealkylation sites (N-methyl/N-ethyl adjacent to an activating group) is 1. The first kappa shape index (κ1) is 26.7. The maximum Gasteiger partial charge on any atom is 0.193 e. The Kier molecular flexibility index (Phi) is 12.2. The van der Waals surface area contributed by atoms with Crippen molar-refractivity contribution in [3.05, 3.63) is 64.7 Å². The summed E-state index contributed by atoms with van der Waals surface area (Å²) in [4.78, 5) is 6.43. The average molecular weight is 574 g/mol. The summed E-state index contributed by atoms with van der Waals surface area (Å²) in [6, 6.07) is 15.9. The lowest BCUT2D eigenvalue weighted by molar-refractivity contribution is -0.0390. The molecular weight excluding hydrogens is 541 g/mol. The van der Waals surface area contributed by atoms with Gasteiger partial charge in [0.05, 0.1) is 19.3 Å². The van der Waals surface area contributed by atoms with Gasteiger partial charge in [-0.2, -0.15) is 0 Å². The van der Waals surface area contributed by atoms with E-state index in [4.69, 9.17) is 25.8 Å². The van der Waals surface area contributed by atoms with Crippen molar-refractivity contribution in [1.82, 2.24) is 10.2 Å². The number of hydrogen-bond donors (Lipinski definition) is 1. The van der Waals surface area contributed by atoms with Crippen molar-refractivity contribution in [1.29, 1.82) is 0 Å². The van der Waals surface area contributed by atoms with Gasteiger partial charge in [0, 0.05) is 38.9 Å². The standard InChI is InChI=1S/C24H32ClN3O3.HI/c1-26-24(28(2)12-15-30-22-8-6-21(25)7-9-22)27-17-19-4-3-5-20(16-19)18-31-23-10-13-29-14-11-23;/h3-9,16,23H,10-15,17-18H2,1-2H3,(H,26,27);1H. The molecule has 0 spiro atoms. The van der Waals surface area contributed by atoms with E-state index in [1.165, 1.54) is 11.1 Å². The second kappa shape index (κ2) is 14.6. The van der Waals surface area contributed by atoms with Crippen molar-refractivity contribution in [2.24, 2.45) is 4.99 Å². The second-order valence-corrected chi connectivity index (χ2v) is 8.00. The number of nitrogens with one attached hydrogen (secondary N) is 1. The largest absolute Gasteiger partial charge is 0.492 e. The molecule has 0 aliphatic carbocycles. The van der Waals surface area contributed by atoms with Gasteiger partial charge in [-0.05, 0) is 48.2 Å². The molecule has 2 aromatic rings. The molecule has 8 heteroatoms. The van der Waals surface area contributed by atoms with Crippen molar-refractivity contribution in [2.45, 2.75) is 32.1 Å². The molecule has 0 amide bonds. The molecule has 1 aliphatic heterocycles. The lowest BCUT2D eigenvalue weighted by atomic mass is 10.1. The highest BCUT2D eigenvalue weighted by atomic mass is 127. The van der Waals surface area contributed by atoms with Crippen LogP contribution in [0.1, 0.15) is 24.0 Å². The van der Waals surface area contributed by atoms with Crippen LogP contribution in [0.4, 0.5) is 0 Å². The lowest BCUT2D eigenvalue weighted by Crippen LogP contribution is -2.40. The summed E-state index contributed by atoms with van der Waals surface area (Å²) in [6.07, 6.45) is 2.26. The topological polar surface area (TPSA) is 55.3 Å². The molecular formula is C24H33ClIN3O3. The summed E-state index contributed by atoms with van der Waals surface area (Å²) < 4.78 is 17.2. The van der Waals surface area contributed by atoms with E-state index < -0.39 is 0 Å². The van der Waals surface area contributed by atoms with E-state index in [-0.39, 0.29) is 24.0 Å². The average Bonchev–Trinajstić information content (AvgIpc) is 2.80. The first-order valence-electron chi connectivity index (χ1n) is 10.7. The number of guanidine groups is 1. The third-order valence-electron chi connectivity index (χ3n) is 5.18. The fraction of sp³-hybridized carbons (Fsp3) is 0.458. The van der Waals surface area contributed by atoms with Crippen LogP contribution in [0.5, 0.6) is 5.75 Å². The highest BCUT2D eigenvalue weighted by molar-refractivity contribution is 14.0. The van der Waals surface area contributed by atoms with Crippen molar-refractivity contribution in [2.75, 3.05) is 40.5 Å². The number of nitrogens with zero attached hydrogens (tertiary/aromatic N) is 2. The highest BCUT2D eigenvalue weighted by Gasteiger charge is 2.14. The van der Waals surface area contributed by atoms with Crippen LogP contribution in [0.15, 0.2) is 53.5 Å². The number of halogens is 2. The Morgan fingerprint density at radius 2 is 1.88 bits per heavy atom. The van der Waals surface area contributed by atoms with Crippen LogP contribution in [0, 0.1) is 0 Å². The normalized spacial score (nSPS) is 14.5. The number of hydrogen-bond acceptors (Lipinski definition) is 4. The minimum atomic E-state index is 0. The van der Waals surface area contributed by atoms with Gasteiger partial charge in [0.25, 0.3) is 0 Å². The molecule has 176 valence electrons. The third kappa shape index (κ3) is 9.13. The van der Waals surface area contributed by atoms with Crippen molar-refractivity contribution < 1.29 is 14.2 Å². The van der Waals surface area contributed by atoms with Crippen LogP contribution < -0.4 is 10.1 Å². The molecule has 6 nitrogen and oxygen atoms in total. The van der Waals surface area contributed by atoms with E-state index in [0.717, 1.165) is 37.8 Å². The predicted octanol–water partition coefficient (Wildman–Crippen LogP) is 4.74. The van der Waals surface area contributed by atoms with Gasteiger partial charge in [-0.3, -0.25) is 4.99 Å². The van der Waals surface area contributed by atoms with E-state index in [2.05, 4.69) is 34.6 Å². The molecule has 2 aromatic carbocycles. The van der Waals surface area contributed by atoms with Crippen molar-refractivity contribution in [3.8, 4) is 5.75 Å². The van der Waals surface area contributed by atoms with Gasteiger partial charge in [-0.15, -0.1) is 24.0 Å². The van der Waals surface area contributed by atoms with Crippen LogP contribution in [0.25, 0.3) is 0 Å². The molecule has 1 fully saturated rings. The monoisotopic (exact) mass is 573 g/mol. The molecule has 1 N–H and O–H groups in total. The zero-order valence-electron chi connectivity index (χ0n) is 18.8. The SMILES string of the molecule is CN=C(NCc1cccc(COC2CCOCC2)c1)N(C)CCOc1ccc(Cl)cc1.I. The number of ether oxygens (including phenoxy) is 3. The summed E-state index contributed by atoms with van der Waals surface area (Å²) in [5.74, 6) is 1.63. The minimum Gasteiger partial charge on any atom is -0.492 e. The Balaban J connectivity index is 0.00000363. The first-order chi connectivity index (χ1) is 15.1. The van der Waals surface area contributed by atoms with E-state index in [9.17, 15) is 0 Å². The molecule has 0 aromatic heterocycles. The Labute approximate surface area is 213 Å². The summed E-state index contributed by atoms with van der Waals surface area (Å²) in [7, 11) is 3.79. The zero-order chi connectivity index (χ0) is 21.9. The van der Waals surface area contributed by atoms with Crippen molar-refractivity contribution in [3.63, 3.8) is 0 Å². The fourth-order valence-corrected chi connectivity index (χ4v) is 3.52. The number of rotatable bonds is 9. The molecule has 0 radical (unpaired) electrons. The molecule has 1 aliphatic rings. The van der Waals surface area contributed by atoms with E-state index in [1.807, 2.05) is 36.2 Å². The van der Waals surface area contributed by atoms with Gasteiger partial charge in [0.2, 0.25) is 0 Å². The van der Waals surface area contributed by atoms with Gasteiger partial charge < -0.3 is 24.4 Å². The molecule has 32 heavy (non-hydrogen) atoms. The van der Waals surface area contributed by atoms with Gasteiger partial charge in [0.1, 0.15) is 12.4 Å². The number of benzene rings is 2. The predicted molar refractivity (Wildman–Crippen MR) is 140 cm³/mol. The van der Waals surface area contributed by atoms with Crippen LogP contribution in [-0.2, 0) is 22.6 Å². The summed E-state index contributed by atoms with van der Waals surface area (Å²) >= 11 is 5.91. The maximum absolute atomic E-state index is 6.04. The van der Waals surface area contributed by atoms with Gasteiger partial charge in [-0.25, -0.2) is 0 Å². The molecule has 3 rings (SSSR count). The van der Waals surface area contributed by atoms with Crippen LogP contribution in [0.3, 0.4) is 0 Å². The summed E-state index contributed by atoms with van der Waals surface area (Å²) in [5, 5.41) is 4.12. The quantitative estimate of drug-likeness (QED) is 0.267. The van der Waals surface area contributed by atoms with Gasteiger partial charge in [-0.1, -0.05) is 35.9 Å².